The molecule has 0 unspecified atom stereocenters. The van der Waals surface area contributed by atoms with Gasteiger partial charge in [-0.1, -0.05) is 0 Å². The first-order valence-electron chi connectivity index (χ1n) is 6.20. The minimum absolute atomic E-state index is 0.0551. The lowest BCUT2D eigenvalue weighted by Crippen LogP contribution is -2.30. The van der Waals surface area contributed by atoms with Gasteiger partial charge in [-0.05, 0) is 38.1 Å². The first-order valence-corrected chi connectivity index (χ1v) is 6.20. The molecule has 2 aromatic rings. The van der Waals surface area contributed by atoms with Crippen molar-refractivity contribution in [2.75, 3.05) is 5.32 Å². The average molecular weight is 274 g/mol. The summed E-state index contributed by atoms with van der Waals surface area (Å²) in [5.41, 5.74) is 1.06. The van der Waals surface area contributed by atoms with Crippen LogP contribution in [0.4, 0.5) is 16.0 Å². The highest BCUT2D eigenvalue weighted by Gasteiger charge is 2.08. The number of anilines is 2. The summed E-state index contributed by atoms with van der Waals surface area (Å²) in [5, 5.41) is 5.67. The van der Waals surface area contributed by atoms with Gasteiger partial charge in [-0.2, -0.15) is 0 Å². The number of halogens is 1. The van der Waals surface area contributed by atoms with Crippen molar-refractivity contribution >= 4 is 17.5 Å². The lowest BCUT2D eigenvalue weighted by molar-refractivity contribution is 0.0942. The minimum atomic E-state index is -0.308. The summed E-state index contributed by atoms with van der Waals surface area (Å²) >= 11 is 0. The quantitative estimate of drug-likeness (QED) is 0.899. The van der Waals surface area contributed by atoms with Gasteiger partial charge in [-0.25, -0.2) is 14.4 Å². The van der Waals surface area contributed by atoms with Crippen LogP contribution in [-0.2, 0) is 0 Å². The molecular formula is C14H15FN4O. The number of nitrogens with one attached hydrogen (secondary N) is 2. The van der Waals surface area contributed by atoms with Gasteiger partial charge in [0.25, 0.3) is 5.91 Å². The summed E-state index contributed by atoms with van der Waals surface area (Å²) in [4.78, 5) is 19.8. The molecule has 1 aromatic heterocycles. The molecule has 5 nitrogen and oxygen atoms in total. The Bertz CT molecular complexity index is 581. The summed E-state index contributed by atoms with van der Waals surface area (Å²) in [5.74, 6) is -0.178. The van der Waals surface area contributed by atoms with Gasteiger partial charge in [0.2, 0.25) is 5.95 Å². The molecule has 0 spiro atoms. The fourth-order valence-corrected chi connectivity index (χ4v) is 1.52. The number of carbonyl (C=O) groups excluding carboxylic acids is 1. The molecule has 0 fully saturated rings. The molecule has 6 heteroatoms. The van der Waals surface area contributed by atoms with Crippen LogP contribution in [0.2, 0.25) is 0 Å². The third-order valence-corrected chi connectivity index (χ3v) is 2.43. The van der Waals surface area contributed by atoms with Gasteiger partial charge in [0.05, 0.1) is 5.56 Å². The number of hydrogen-bond donors (Lipinski definition) is 2. The molecule has 0 aliphatic rings. The fraction of sp³-hybridized carbons (Fsp3) is 0.214. The van der Waals surface area contributed by atoms with Gasteiger partial charge in [-0.3, -0.25) is 4.79 Å². The van der Waals surface area contributed by atoms with Crippen molar-refractivity contribution in [3.63, 3.8) is 0 Å². The normalized spacial score (nSPS) is 10.4. The standard InChI is InChI=1S/C14H15FN4O/c1-9(2)18-13(20)10-7-16-14(17-8-10)19-12-5-3-11(15)4-6-12/h3-9H,1-2H3,(H,18,20)(H,16,17,19). The molecular weight excluding hydrogens is 259 g/mol. The number of nitrogens with zero attached hydrogens (tertiary/aromatic N) is 2. The van der Waals surface area contributed by atoms with Gasteiger partial charge in [0.1, 0.15) is 5.82 Å². The average Bonchev–Trinajstić information content (AvgIpc) is 2.41. The van der Waals surface area contributed by atoms with E-state index in [9.17, 15) is 9.18 Å². The second-order valence-corrected chi connectivity index (χ2v) is 4.56. The molecule has 104 valence electrons. The SMILES string of the molecule is CC(C)NC(=O)c1cnc(Nc2ccc(F)cc2)nc1. The topological polar surface area (TPSA) is 66.9 Å². The first-order chi connectivity index (χ1) is 9.54. The van der Waals surface area contributed by atoms with Crippen molar-refractivity contribution in [2.24, 2.45) is 0 Å². The Morgan fingerprint density at radius 1 is 1.15 bits per heavy atom. The van der Waals surface area contributed by atoms with Crippen LogP contribution in [0.3, 0.4) is 0 Å². The molecule has 0 aliphatic carbocycles. The Balaban J connectivity index is 2.04. The van der Waals surface area contributed by atoms with E-state index in [2.05, 4.69) is 20.6 Å². The minimum Gasteiger partial charge on any atom is -0.350 e. The lowest BCUT2D eigenvalue weighted by atomic mass is 10.3. The third kappa shape index (κ3) is 3.74. The molecule has 1 amide bonds. The van der Waals surface area contributed by atoms with E-state index in [1.54, 1.807) is 12.1 Å². The fourth-order valence-electron chi connectivity index (χ4n) is 1.52. The summed E-state index contributed by atoms with van der Waals surface area (Å²) in [6.07, 6.45) is 2.88. The second kappa shape index (κ2) is 6.10. The largest absolute Gasteiger partial charge is 0.350 e. The Morgan fingerprint density at radius 2 is 1.75 bits per heavy atom. The highest BCUT2D eigenvalue weighted by atomic mass is 19.1. The summed E-state index contributed by atoms with van der Waals surface area (Å²) in [6.45, 7) is 3.76. The van der Waals surface area contributed by atoms with Gasteiger partial charge in [0, 0.05) is 24.1 Å². The predicted molar refractivity (Wildman–Crippen MR) is 74.3 cm³/mol. The van der Waals surface area contributed by atoms with Crippen LogP contribution in [0.25, 0.3) is 0 Å². The monoisotopic (exact) mass is 274 g/mol. The van der Waals surface area contributed by atoms with Crippen LogP contribution in [-0.4, -0.2) is 21.9 Å². The van der Waals surface area contributed by atoms with Crippen molar-refractivity contribution in [1.29, 1.82) is 0 Å². The van der Waals surface area contributed by atoms with E-state index in [-0.39, 0.29) is 17.8 Å². The number of aromatic nitrogens is 2. The maximum absolute atomic E-state index is 12.8. The molecule has 0 bridgehead atoms. The molecule has 0 aliphatic heterocycles. The number of amides is 1. The Kier molecular flexibility index (Phi) is 4.24. The van der Waals surface area contributed by atoms with Gasteiger partial charge in [-0.15, -0.1) is 0 Å². The van der Waals surface area contributed by atoms with Crippen LogP contribution >= 0.6 is 0 Å². The summed E-state index contributed by atoms with van der Waals surface area (Å²) < 4.78 is 12.8. The smallest absolute Gasteiger partial charge is 0.254 e. The molecule has 2 rings (SSSR count). The number of hydrogen-bond acceptors (Lipinski definition) is 4. The molecule has 1 aromatic carbocycles. The second-order valence-electron chi connectivity index (χ2n) is 4.56. The molecule has 2 N–H and O–H groups in total. The van der Waals surface area contributed by atoms with E-state index in [4.69, 9.17) is 0 Å². The van der Waals surface area contributed by atoms with Gasteiger partial charge in [0.15, 0.2) is 0 Å². The maximum atomic E-state index is 12.8. The highest BCUT2D eigenvalue weighted by molar-refractivity contribution is 5.93. The zero-order chi connectivity index (χ0) is 14.5. The maximum Gasteiger partial charge on any atom is 0.254 e. The molecule has 0 saturated carbocycles. The lowest BCUT2D eigenvalue weighted by Gasteiger charge is -2.08. The van der Waals surface area contributed by atoms with Crippen molar-refractivity contribution in [3.8, 4) is 0 Å². The zero-order valence-corrected chi connectivity index (χ0v) is 11.2. The van der Waals surface area contributed by atoms with Crippen molar-refractivity contribution in [2.45, 2.75) is 19.9 Å². The molecule has 0 atom stereocenters. The Hall–Kier alpha value is -2.50. The predicted octanol–water partition coefficient (Wildman–Crippen LogP) is 2.50. The van der Waals surface area contributed by atoms with Crippen molar-refractivity contribution in [3.05, 3.63) is 48.0 Å². The first kappa shape index (κ1) is 13.9. The van der Waals surface area contributed by atoms with Gasteiger partial charge < -0.3 is 10.6 Å². The summed E-state index contributed by atoms with van der Waals surface area (Å²) in [6, 6.07) is 5.90. The van der Waals surface area contributed by atoms with E-state index in [1.807, 2.05) is 13.8 Å². The number of rotatable bonds is 4. The van der Waals surface area contributed by atoms with E-state index in [0.717, 1.165) is 0 Å². The highest BCUT2D eigenvalue weighted by Crippen LogP contribution is 2.13. The number of carbonyl (C=O) groups is 1. The van der Waals surface area contributed by atoms with Crippen LogP contribution < -0.4 is 10.6 Å². The van der Waals surface area contributed by atoms with Crippen molar-refractivity contribution < 1.29 is 9.18 Å². The summed E-state index contributed by atoms with van der Waals surface area (Å²) in [7, 11) is 0. The molecule has 0 radical (unpaired) electrons. The van der Waals surface area contributed by atoms with Crippen LogP contribution in [0, 0.1) is 5.82 Å². The van der Waals surface area contributed by atoms with Crippen LogP contribution in [0.15, 0.2) is 36.7 Å². The Morgan fingerprint density at radius 3 is 2.30 bits per heavy atom. The number of benzene rings is 1. The van der Waals surface area contributed by atoms with Crippen LogP contribution in [0.1, 0.15) is 24.2 Å². The van der Waals surface area contributed by atoms with E-state index in [0.29, 0.717) is 17.2 Å². The van der Waals surface area contributed by atoms with E-state index in [1.165, 1.54) is 24.5 Å². The van der Waals surface area contributed by atoms with Gasteiger partial charge >= 0.3 is 0 Å². The molecule has 20 heavy (non-hydrogen) atoms. The van der Waals surface area contributed by atoms with Crippen LogP contribution in [0.5, 0.6) is 0 Å². The Labute approximate surface area is 116 Å². The zero-order valence-electron chi connectivity index (χ0n) is 11.2. The third-order valence-electron chi connectivity index (χ3n) is 2.43. The van der Waals surface area contributed by atoms with Crippen molar-refractivity contribution in [1.82, 2.24) is 15.3 Å². The van der Waals surface area contributed by atoms with E-state index < -0.39 is 0 Å². The molecule has 1 heterocycles. The van der Waals surface area contributed by atoms with E-state index >= 15 is 0 Å². The molecule has 0 saturated heterocycles.